The molecule has 1 aliphatic heterocycles. The van der Waals surface area contributed by atoms with Crippen molar-refractivity contribution in [2.75, 3.05) is 42.9 Å². The fraction of sp³-hybridized carbons (Fsp3) is 0.421. The smallest absolute Gasteiger partial charge is 0.225 e. The minimum Gasteiger partial charge on any atom is -0.339 e. The molecule has 3 rings (SSSR count). The third-order valence-electron chi connectivity index (χ3n) is 4.50. The third kappa shape index (κ3) is 5.00. The topological polar surface area (TPSA) is 61.4 Å². The maximum Gasteiger partial charge on any atom is 0.225 e. The van der Waals surface area contributed by atoms with E-state index >= 15 is 0 Å². The van der Waals surface area contributed by atoms with Crippen LogP contribution in [0.2, 0.25) is 0 Å². The summed E-state index contributed by atoms with van der Waals surface area (Å²) >= 11 is 0. The quantitative estimate of drug-likeness (QED) is 0.906. The highest BCUT2D eigenvalue weighted by Gasteiger charge is 2.17. The van der Waals surface area contributed by atoms with Crippen molar-refractivity contribution in [2.24, 2.45) is 0 Å². The molecule has 1 saturated heterocycles. The Bertz CT molecular complexity index is 691. The zero-order valence-corrected chi connectivity index (χ0v) is 14.7. The molecular formula is C19H25N5O. The number of hydrogen-bond donors (Lipinski definition) is 1. The summed E-state index contributed by atoms with van der Waals surface area (Å²) in [5.74, 6) is 0.864. The first-order chi connectivity index (χ1) is 12.2. The zero-order valence-electron chi connectivity index (χ0n) is 14.7. The molecule has 6 nitrogen and oxygen atoms in total. The van der Waals surface area contributed by atoms with Gasteiger partial charge in [0.15, 0.2) is 0 Å². The number of rotatable bonds is 5. The molecule has 0 aliphatic carbocycles. The van der Waals surface area contributed by atoms with Gasteiger partial charge in [0.25, 0.3) is 0 Å². The molecule has 25 heavy (non-hydrogen) atoms. The number of nitrogens with zero attached hydrogens (tertiary/aromatic N) is 4. The molecule has 0 radical (unpaired) electrons. The number of anilines is 2. The highest BCUT2D eigenvalue weighted by atomic mass is 16.1. The Morgan fingerprint density at radius 2 is 1.88 bits per heavy atom. The van der Waals surface area contributed by atoms with E-state index in [9.17, 15) is 4.79 Å². The first kappa shape index (κ1) is 17.4. The zero-order chi connectivity index (χ0) is 17.5. The standard InChI is InChI=1S/C19H25N5O/c1-16-6-2-3-7-17(16)22-18(25)8-13-23-11-5-12-24(15-14-23)19-20-9-4-10-21-19/h2-4,6-7,9-10H,5,8,11-15H2,1H3,(H,22,25). The second kappa shape index (κ2) is 8.58. The summed E-state index contributed by atoms with van der Waals surface area (Å²) in [6, 6.07) is 9.70. The van der Waals surface area contributed by atoms with Crippen LogP contribution >= 0.6 is 0 Å². The fourth-order valence-electron chi connectivity index (χ4n) is 3.03. The van der Waals surface area contributed by atoms with Crippen molar-refractivity contribution >= 4 is 17.5 Å². The van der Waals surface area contributed by atoms with Crippen LogP contribution in [-0.4, -0.2) is 53.5 Å². The van der Waals surface area contributed by atoms with Crippen LogP contribution in [0.4, 0.5) is 11.6 Å². The van der Waals surface area contributed by atoms with E-state index in [-0.39, 0.29) is 5.91 Å². The Morgan fingerprint density at radius 1 is 1.08 bits per heavy atom. The van der Waals surface area contributed by atoms with E-state index in [0.29, 0.717) is 6.42 Å². The number of aromatic nitrogens is 2. The Kier molecular flexibility index (Phi) is 5.95. The normalized spacial score (nSPS) is 15.6. The van der Waals surface area contributed by atoms with Gasteiger partial charge in [-0.15, -0.1) is 0 Å². The van der Waals surface area contributed by atoms with Crippen LogP contribution in [0.5, 0.6) is 0 Å². The maximum absolute atomic E-state index is 12.2. The summed E-state index contributed by atoms with van der Waals surface area (Å²) in [6.07, 6.45) is 5.12. The Hall–Kier alpha value is -2.47. The van der Waals surface area contributed by atoms with Crippen molar-refractivity contribution in [3.63, 3.8) is 0 Å². The van der Waals surface area contributed by atoms with E-state index in [0.717, 1.165) is 56.3 Å². The second-order valence-electron chi connectivity index (χ2n) is 6.34. The van der Waals surface area contributed by atoms with Gasteiger partial charge >= 0.3 is 0 Å². The van der Waals surface area contributed by atoms with Gasteiger partial charge in [0.1, 0.15) is 0 Å². The SMILES string of the molecule is Cc1ccccc1NC(=O)CCN1CCCN(c2ncccn2)CC1. The van der Waals surface area contributed by atoms with E-state index < -0.39 is 0 Å². The molecule has 2 aromatic rings. The van der Waals surface area contributed by atoms with Gasteiger partial charge in [-0.05, 0) is 37.6 Å². The summed E-state index contributed by atoms with van der Waals surface area (Å²) in [6.45, 7) is 6.56. The van der Waals surface area contributed by atoms with Gasteiger partial charge in [0.2, 0.25) is 11.9 Å². The van der Waals surface area contributed by atoms with Crippen molar-refractivity contribution in [3.05, 3.63) is 48.3 Å². The van der Waals surface area contributed by atoms with Crippen molar-refractivity contribution in [2.45, 2.75) is 19.8 Å². The molecule has 1 amide bonds. The second-order valence-corrected chi connectivity index (χ2v) is 6.34. The van der Waals surface area contributed by atoms with Gasteiger partial charge < -0.3 is 15.1 Å². The summed E-state index contributed by atoms with van der Waals surface area (Å²) in [4.78, 5) is 25.4. The van der Waals surface area contributed by atoms with Gasteiger partial charge in [0.05, 0.1) is 0 Å². The largest absolute Gasteiger partial charge is 0.339 e. The fourth-order valence-corrected chi connectivity index (χ4v) is 3.03. The van der Waals surface area contributed by atoms with Crippen LogP contribution in [0.15, 0.2) is 42.7 Å². The van der Waals surface area contributed by atoms with Crippen molar-refractivity contribution < 1.29 is 4.79 Å². The van der Waals surface area contributed by atoms with Crippen molar-refractivity contribution in [1.82, 2.24) is 14.9 Å². The van der Waals surface area contributed by atoms with Gasteiger partial charge in [-0.3, -0.25) is 4.79 Å². The van der Waals surface area contributed by atoms with Gasteiger partial charge in [-0.2, -0.15) is 0 Å². The summed E-state index contributed by atoms with van der Waals surface area (Å²) in [5, 5.41) is 3.00. The number of nitrogens with one attached hydrogen (secondary N) is 1. The van der Waals surface area contributed by atoms with Crippen LogP contribution < -0.4 is 10.2 Å². The van der Waals surface area contributed by atoms with E-state index in [1.165, 1.54) is 0 Å². The molecule has 1 aromatic carbocycles. The lowest BCUT2D eigenvalue weighted by Crippen LogP contribution is -2.33. The average molecular weight is 339 g/mol. The van der Waals surface area contributed by atoms with E-state index in [2.05, 4.69) is 25.1 Å². The number of carbonyl (C=O) groups is 1. The third-order valence-corrected chi connectivity index (χ3v) is 4.50. The first-order valence-electron chi connectivity index (χ1n) is 8.82. The minimum absolute atomic E-state index is 0.0711. The first-order valence-corrected chi connectivity index (χ1v) is 8.82. The predicted octanol–water partition coefficient (Wildman–Crippen LogP) is 2.33. The van der Waals surface area contributed by atoms with Crippen molar-refractivity contribution in [1.29, 1.82) is 0 Å². The number of hydrogen-bond acceptors (Lipinski definition) is 5. The lowest BCUT2D eigenvalue weighted by molar-refractivity contribution is -0.116. The molecule has 0 saturated carbocycles. The van der Waals surface area contributed by atoms with E-state index in [4.69, 9.17) is 0 Å². The molecule has 6 heteroatoms. The molecule has 1 aromatic heterocycles. The molecule has 1 aliphatic rings. The molecule has 0 bridgehead atoms. The molecule has 0 atom stereocenters. The van der Waals surface area contributed by atoms with Crippen LogP contribution in [0, 0.1) is 6.92 Å². The monoisotopic (exact) mass is 339 g/mol. The molecule has 0 unspecified atom stereocenters. The number of carbonyl (C=O) groups excluding carboxylic acids is 1. The van der Waals surface area contributed by atoms with Gasteiger partial charge in [0, 0.05) is 50.7 Å². The Balaban J connectivity index is 1.46. The van der Waals surface area contributed by atoms with Gasteiger partial charge in [-0.25, -0.2) is 9.97 Å². The molecule has 1 N–H and O–H groups in total. The highest BCUT2D eigenvalue weighted by molar-refractivity contribution is 5.91. The van der Waals surface area contributed by atoms with Crippen molar-refractivity contribution in [3.8, 4) is 0 Å². The lowest BCUT2D eigenvalue weighted by Gasteiger charge is -2.21. The average Bonchev–Trinajstić information content (AvgIpc) is 2.88. The van der Waals surface area contributed by atoms with Crippen LogP contribution in [0.3, 0.4) is 0 Å². The molecule has 2 heterocycles. The summed E-state index contributed by atoms with van der Waals surface area (Å²) in [7, 11) is 0. The number of para-hydroxylation sites is 1. The number of aryl methyl sites for hydroxylation is 1. The van der Waals surface area contributed by atoms with E-state index in [1.54, 1.807) is 12.4 Å². The lowest BCUT2D eigenvalue weighted by atomic mass is 10.2. The summed E-state index contributed by atoms with van der Waals surface area (Å²) in [5.41, 5.74) is 1.99. The van der Waals surface area contributed by atoms with Crippen LogP contribution in [-0.2, 0) is 4.79 Å². The number of benzene rings is 1. The Morgan fingerprint density at radius 3 is 2.68 bits per heavy atom. The molecular weight excluding hydrogens is 314 g/mol. The maximum atomic E-state index is 12.2. The van der Waals surface area contributed by atoms with Crippen LogP contribution in [0.25, 0.3) is 0 Å². The Labute approximate surface area is 148 Å². The molecule has 1 fully saturated rings. The van der Waals surface area contributed by atoms with Crippen LogP contribution in [0.1, 0.15) is 18.4 Å². The predicted molar refractivity (Wildman–Crippen MR) is 99.7 cm³/mol. The summed E-state index contributed by atoms with van der Waals surface area (Å²) < 4.78 is 0. The highest BCUT2D eigenvalue weighted by Crippen LogP contribution is 2.14. The van der Waals surface area contributed by atoms with E-state index in [1.807, 2.05) is 37.3 Å². The minimum atomic E-state index is 0.0711. The molecule has 132 valence electrons. The molecule has 0 spiro atoms. The number of amides is 1. The van der Waals surface area contributed by atoms with Gasteiger partial charge in [-0.1, -0.05) is 18.2 Å².